The highest BCUT2D eigenvalue weighted by atomic mass is 16.5. The first kappa shape index (κ1) is 13.4. The molecule has 18 heavy (non-hydrogen) atoms. The highest BCUT2D eigenvalue weighted by molar-refractivity contribution is 5.37. The number of hydrogen-bond acceptors (Lipinski definition) is 2. The van der Waals surface area contributed by atoms with Crippen molar-refractivity contribution in [3.05, 3.63) is 29.3 Å². The molecule has 100 valence electrons. The van der Waals surface area contributed by atoms with E-state index >= 15 is 0 Å². The van der Waals surface area contributed by atoms with Crippen molar-refractivity contribution in [2.75, 3.05) is 7.05 Å². The van der Waals surface area contributed by atoms with Gasteiger partial charge in [-0.3, -0.25) is 0 Å². The zero-order chi connectivity index (χ0) is 13.0. The zero-order valence-electron chi connectivity index (χ0n) is 11.8. The molecular formula is C16H25NO. The van der Waals surface area contributed by atoms with Crippen LogP contribution < -0.4 is 10.1 Å². The van der Waals surface area contributed by atoms with Crippen LogP contribution in [0.15, 0.2) is 18.2 Å². The molecule has 2 rings (SSSR count). The van der Waals surface area contributed by atoms with Gasteiger partial charge in [-0.2, -0.15) is 0 Å². The molecule has 1 N–H and O–H groups in total. The van der Waals surface area contributed by atoms with Crippen LogP contribution in [0.5, 0.6) is 5.75 Å². The quantitative estimate of drug-likeness (QED) is 0.861. The molecule has 0 aliphatic heterocycles. The Hall–Kier alpha value is -1.02. The number of aryl methyl sites for hydroxylation is 2. The summed E-state index contributed by atoms with van der Waals surface area (Å²) >= 11 is 0. The third kappa shape index (κ3) is 3.49. The summed E-state index contributed by atoms with van der Waals surface area (Å²) in [5.74, 6) is 1.03. The van der Waals surface area contributed by atoms with Gasteiger partial charge in [-0.05, 0) is 76.3 Å². The van der Waals surface area contributed by atoms with E-state index in [0.717, 1.165) is 12.2 Å². The second-order valence-corrected chi connectivity index (χ2v) is 5.49. The van der Waals surface area contributed by atoms with Crippen LogP contribution in [0, 0.1) is 0 Å². The van der Waals surface area contributed by atoms with Gasteiger partial charge >= 0.3 is 0 Å². The zero-order valence-corrected chi connectivity index (χ0v) is 11.8. The van der Waals surface area contributed by atoms with E-state index in [-0.39, 0.29) is 6.10 Å². The standard InChI is InChI=1S/C16H25NO/c1-12(17-3)10-13(2)18-16-9-8-14-6-4-5-7-15(14)11-16/h8-9,11-13,17H,4-7,10H2,1-3H3. The van der Waals surface area contributed by atoms with Crippen molar-refractivity contribution in [3.63, 3.8) is 0 Å². The van der Waals surface area contributed by atoms with E-state index in [1.165, 1.54) is 36.8 Å². The van der Waals surface area contributed by atoms with Crippen molar-refractivity contribution in [1.82, 2.24) is 5.32 Å². The minimum Gasteiger partial charge on any atom is -0.491 e. The van der Waals surface area contributed by atoms with E-state index < -0.39 is 0 Å². The molecule has 1 aliphatic rings. The van der Waals surface area contributed by atoms with Gasteiger partial charge in [0.2, 0.25) is 0 Å². The lowest BCUT2D eigenvalue weighted by Gasteiger charge is -2.21. The fraction of sp³-hybridized carbons (Fsp3) is 0.625. The first-order valence-electron chi connectivity index (χ1n) is 7.14. The molecule has 0 heterocycles. The molecular weight excluding hydrogens is 222 g/mol. The number of benzene rings is 1. The van der Waals surface area contributed by atoms with Crippen molar-refractivity contribution >= 4 is 0 Å². The summed E-state index contributed by atoms with van der Waals surface area (Å²) in [5, 5.41) is 3.25. The maximum Gasteiger partial charge on any atom is 0.119 e. The molecule has 2 unspecified atom stereocenters. The molecule has 0 saturated carbocycles. The molecule has 2 atom stereocenters. The van der Waals surface area contributed by atoms with Gasteiger partial charge in [0.1, 0.15) is 5.75 Å². The number of fused-ring (bicyclic) bond motifs is 1. The van der Waals surface area contributed by atoms with Crippen LogP contribution in [0.25, 0.3) is 0 Å². The summed E-state index contributed by atoms with van der Waals surface area (Å²) in [6.45, 7) is 4.33. The molecule has 0 saturated heterocycles. The van der Waals surface area contributed by atoms with Crippen LogP contribution in [0.4, 0.5) is 0 Å². The Morgan fingerprint density at radius 2 is 1.89 bits per heavy atom. The monoisotopic (exact) mass is 247 g/mol. The van der Waals surface area contributed by atoms with Crippen molar-refractivity contribution in [2.45, 2.75) is 58.1 Å². The molecule has 1 aliphatic carbocycles. The average molecular weight is 247 g/mol. The second-order valence-electron chi connectivity index (χ2n) is 5.49. The Morgan fingerprint density at radius 3 is 2.61 bits per heavy atom. The third-order valence-corrected chi connectivity index (χ3v) is 3.84. The predicted octanol–water partition coefficient (Wildman–Crippen LogP) is 3.33. The van der Waals surface area contributed by atoms with E-state index in [1.54, 1.807) is 0 Å². The predicted molar refractivity (Wildman–Crippen MR) is 76.3 cm³/mol. The largest absolute Gasteiger partial charge is 0.491 e. The molecule has 1 aromatic carbocycles. The van der Waals surface area contributed by atoms with Gasteiger partial charge < -0.3 is 10.1 Å². The fourth-order valence-corrected chi connectivity index (χ4v) is 2.68. The first-order chi connectivity index (χ1) is 8.69. The highest BCUT2D eigenvalue weighted by Crippen LogP contribution is 2.26. The van der Waals surface area contributed by atoms with E-state index in [0.29, 0.717) is 6.04 Å². The van der Waals surface area contributed by atoms with Gasteiger partial charge in [-0.1, -0.05) is 6.07 Å². The number of nitrogens with one attached hydrogen (secondary N) is 1. The van der Waals surface area contributed by atoms with E-state index in [9.17, 15) is 0 Å². The fourth-order valence-electron chi connectivity index (χ4n) is 2.68. The van der Waals surface area contributed by atoms with Gasteiger partial charge in [0, 0.05) is 6.04 Å². The maximum atomic E-state index is 6.01. The minimum atomic E-state index is 0.258. The topological polar surface area (TPSA) is 21.3 Å². The molecule has 2 nitrogen and oxygen atoms in total. The molecule has 0 spiro atoms. The lowest BCUT2D eigenvalue weighted by molar-refractivity contribution is 0.197. The van der Waals surface area contributed by atoms with Crippen molar-refractivity contribution in [3.8, 4) is 5.75 Å². The summed E-state index contributed by atoms with van der Waals surface area (Å²) in [5.41, 5.74) is 3.01. The Morgan fingerprint density at radius 1 is 1.17 bits per heavy atom. The van der Waals surface area contributed by atoms with E-state index in [2.05, 4.69) is 37.4 Å². The Bertz CT molecular complexity index is 389. The average Bonchev–Trinajstić information content (AvgIpc) is 2.38. The van der Waals surface area contributed by atoms with Gasteiger partial charge in [-0.25, -0.2) is 0 Å². The SMILES string of the molecule is CNC(C)CC(C)Oc1ccc2c(c1)CCCC2. The van der Waals surface area contributed by atoms with Gasteiger partial charge in [0.25, 0.3) is 0 Å². The number of hydrogen-bond donors (Lipinski definition) is 1. The van der Waals surface area contributed by atoms with Crippen LogP contribution in [-0.2, 0) is 12.8 Å². The van der Waals surface area contributed by atoms with Crippen molar-refractivity contribution in [2.24, 2.45) is 0 Å². The van der Waals surface area contributed by atoms with Gasteiger partial charge in [-0.15, -0.1) is 0 Å². The van der Waals surface area contributed by atoms with E-state index in [1.807, 2.05) is 7.05 Å². The van der Waals surface area contributed by atoms with Crippen LogP contribution in [0.3, 0.4) is 0 Å². The normalized spacial score (nSPS) is 17.9. The maximum absolute atomic E-state index is 6.01. The van der Waals surface area contributed by atoms with Crippen molar-refractivity contribution < 1.29 is 4.74 Å². The molecule has 2 heteroatoms. The molecule has 0 bridgehead atoms. The summed E-state index contributed by atoms with van der Waals surface area (Å²) in [6.07, 6.45) is 6.41. The number of rotatable bonds is 5. The van der Waals surface area contributed by atoms with Gasteiger partial charge in [0.05, 0.1) is 6.10 Å². The summed E-state index contributed by atoms with van der Waals surface area (Å²) in [7, 11) is 2.00. The van der Waals surface area contributed by atoms with Crippen molar-refractivity contribution in [1.29, 1.82) is 0 Å². The number of ether oxygens (including phenoxy) is 1. The van der Waals surface area contributed by atoms with E-state index in [4.69, 9.17) is 4.74 Å². The van der Waals surface area contributed by atoms with Crippen LogP contribution in [0.1, 0.15) is 44.2 Å². The minimum absolute atomic E-state index is 0.258. The highest BCUT2D eigenvalue weighted by Gasteiger charge is 2.12. The molecule has 0 aromatic heterocycles. The molecule has 1 aromatic rings. The van der Waals surface area contributed by atoms with Gasteiger partial charge in [0.15, 0.2) is 0 Å². The lowest BCUT2D eigenvalue weighted by atomic mass is 9.92. The summed E-state index contributed by atoms with van der Waals surface area (Å²) < 4.78 is 6.01. The Labute approximate surface area is 111 Å². The summed E-state index contributed by atoms with van der Waals surface area (Å²) in [4.78, 5) is 0. The Kier molecular flexibility index (Phi) is 4.65. The summed E-state index contributed by atoms with van der Waals surface area (Å²) in [6, 6.07) is 7.12. The Balaban J connectivity index is 1.97. The molecule has 0 amide bonds. The molecule has 0 radical (unpaired) electrons. The lowest BCUT2D eigenvalue weighted by Crippen LogP contribution is -2.28. The third-order valence-electron chi connectivity index (χ3n) is 3.84. The van der Waals surface area contributed by atoms with Crippen LogP contribution >= 0.6 is 0 Å². The van der Waals surface area contributed by atoms with Crippen LogP contribution in [-0.4, -0.2) is 19.2 Å². The van der Waals surface area contributed by atoms with Crippen LogP contribution in [0.2, 0.25) is 0 Å². The first-order valence-corrected chi connectivity index (χ1v) is 7.14. The smallest absolute Gasteiger partial charge is 0.119 e. The second kappa shape index (κ2) is 6.24. The molecule has 0 fully saturated rings.